The Kier molecular flexibility index (Phi) is 10.6. The third-order valence-corrected chi connectivity index (χ3v) is 12.1. The molecule has 4 aromatic rings. The SMILES string of the molecule is CCC1=C2CC[C@H]3C(=O)N(c4ccccc4)C(=O)[C@H]3[C@H]2[C@@](Cc2ccccc2)(C(=O)NCCc2c[nH]c3ccccc23)N(C(=O)NCCN2CCOCC2)C1=O. The maximum absolute atomic E-state index is 15.5. The second-order valence-corrected chi connectivity index (χ2v) is 15.1. The number of nitrogens with one attached hydrogen (secondary N) is 3. The summed E-state index contributed by atoms with van der Waals surface area (Å²) in [6.45, 7) is 5.49. The molecule has 3 aromatic carbocycles. The number of hydrogen-bond acceptors (Lipinski definition) is 7. The number of aromatic nitrogens is 1. The fourth-order valence-corrected chi connectivity index (χ4v) is 9.56. The molecule has 3 fully saturated rings. The number of imide groups is 2. The lowest BCUT2D eigenvalue weighted by atomic mass is 9.57. The van der Waals surface area contributed by atoms with Gasteiger partial charge in [0.1, 0.15) is 5.54 Å². The van der Waals surface area contributed by atoms with Crippen LogP contribution in [0.4, 0.5) is 10.5 Å². The van der Waals surface area contributed by atoms with Gasteiger partial charge in [-0.15, -0.1) is 0 Å². The Morgan fingerprint density at radius 2 is 1.59 bits per heavy atom. The van der Waals surface area contributed by atoms with Crippen LogP contribution >= 0.6 is 0 Å². The zero-order valence-corrected chi connectivity index (χ0v) is 31.7. The van der Waals surface area contributed by atoms with Crippen LogP contribution in [0.5, 0.6) is 0 Å². The zero-order chi connectivity index (χ0) is 38.8. The van der Waals surface area contributed by atoms with E-state index in [4.69, 9.17) is 4.74 Å². The molecule has 3 N–H and O–H groups in total. The normalized spacial score (nSPS) is 24.0. The van der Waals surface area contributed by atoms with Crippen molar-refractivity contribution in [2.45, 2.75) is 44.6 Å². The summed E-state index contributed by atoms with van der Waals surface area (Å²) in [7, 11) is 0. The first-order valence-corrected chi connectivity index (χ1v) is 19.8. The molecule has 0 unspecified atom stereocenters. The van der Waals surface area contributed by atoms with Crippen molar-refractivity contribution in [3.8, 4) is 0 Å². The number of aromatic amines is 1. The smallest absolute Gasteiger partial charge is 0.325 e. The summed E-state index contributed by atoms with van der Waals surface area (Å²) >= 11 is 0. The van der Waals surface area contributed by atoms with Crippen LogP contribution in [0.3, 0.4) is 0 Å². The van der Waals surface area contributed by atoms with E-state index in [9.17, 15) is 19.2 Å². The van der Waals surface area contributed by atoms with Crippen LogP contribution in [0.1, 0.15) is 37.3 Å². The molecule has 8 rings (SSSR count). The van der Waals surface area contributed by atoms with Gasteiger partial charge in [-0.05, 0) is 55.0 Å². The summed E-state index contributed by atoms with van der Waals surface area (Å²) in [5.41, 5.74) is 2.39. The van der Waals surface area contributed by atoms with Gasteiger partial charge in [-0.1, -0.05) is 79.2 Å². The van der Waals surface area contributed by atoms with Crippen molar-refractivity contribution in [1.29, 1.82) is 0 Å². The summed E-state index contributed by atoms with van der Waals surface area (Å²) in [5.74, 6) is -4.48. The van der Waals surface area contributed by atoms with Gasteiger partial charge in [-0.2, -0.15) is 0 Å². The van der Waals surface area contributed by atoms with Crippen LogP contribution in [0.25, 0.3) is 10.9 Å². The molecule has 1 saturated carbocycles. The molecule has 2 saturated heterocycles. The molecule has 3 aliphatic heterocycles. The highest BCUT2D eigenvalue weighted by molar-refractivity contribution is 6.23. The fraction of sp³-hybridized carbons (Fsp3) is 0.386. The molecular weight excluding hydrogens is 709 g/mol. The molecular formula is C44H48N6O6. The molecule has 0 spiro atoms. The summed E-state index contributed by atoms with van der Waals surface area (Å²) in [4.78, 5) is 82.4. The molecule has 4 aliphatic rings. The topological polar surface area (TPSA) is 144 Å². The van der Waals surface area contributed by atoms with E-state index in [-0.39, 0.29) is 25.4 Å². The van der Waals surface area contributed by atoms with Gasteiger partial charge in [0.15, 0.2) is 0 Å². The number of urea groups is 1. The molecule has 0 radical (unpaired) electrons. The lowest BCUT2D eigenvalue weighted by Gasteiger charge is -2.54. The third kappa shape index (κ3) is 6.60. The fourth-order valence-electron chi connectivity index (χ4n) is 9.56. The van der Waals surface area contributed by atoms with Crippen LogP contribution in [-0.4, -0.2) is 95.9 Å². The van der Waals surface area contributed by atoms with Gasteiger partial charge in [0, 0.05) is 67.7 Å². The monoisotopic (exact) mass is 756 g/mol. The number of benzene rings is 3. The number of amides is 6. The Morgan fingerprint density at radius 1 is 0.875 bits per heavy atom. The predicted octanol–water partition coefficient (Wildman–Crippen LogP) is 4.61. The van der Waals surface area contributed by atoms with Crippen molar-refractivity contribution in [3.63, 3.8) is 0 Å². The van der Waals surface area contributed by atoms with E-state index in [0.29, 0.717) is 62.3 Å². The Hall–Kier alpha value is -5.59. The van der Waals surface area contributed by atoms with E-state index in [1.54, 1.807) is 24.3 Å². The zero-order valence-electron chi connectivity index (χ0n) is 31.7. The number of fused-ring (bicyclic) bond motifs is 4. The summed E-state index contributed by atoms with van der Waals surface area (Å²) in [5, 5.41) is 7.20. The first kappa shape index (κ1) is 37.3. The quantitative estimate of drug-likeness (QED) is 0.190. The second kappa shape index (κ2) is 15.9. The van der Waals surface area contributed by atoms with Gasteiger partial charge in [0.2, 0.25) is 17.7 Å². The van der Waals surface area contributed by atoms with Gasteiger partial charge >= 0.3 is 6.03 Å². The van der Waals surface area contributed by atoms with Crippen LogP contribution in [-0.2, 0) is 36.8 Å². The van der Waals surface area contributed by atoms with Crippen molar-refractivity contribution in [2.24, 2.45) is 17.8 Å². The van der Waals surface area contributed by atoms with E-state index in [1.807, 2.05) is 73.8 Å². The second-order valence-electron chi connectivity index (χ2n) is 15.1. The molecule has 0 bridgehead atoms. The molecule has 4 heterocycles. The average Bonchev–Trinajstić information content (AvgIpc) is 3.75. The molecule has 290 valence electrons. The number of anilines is 1. The number of H-pyrrole nitrogens is 1. The Bertz CT molecular complexity index is 2160. The van der Waals surface area contributed by atoms with Gasteiger partial charge in [0.05, 0.1) is 30.7 Å². The standard InChI is InChI=1S/C44H48N6O6/c1-2-32-34-17-18-35-37(41(53)49(39(35)51)31-13-7-4-8-14-31)38(34)44(27-29-11-5-3-6-12-29,42(54)45-20-19-30-28-47-36-16-10-9-15-33(30)36)50(40(32)52)43(55)46-21-22-48-23-25-56-26-24-48/h3-16,28,35,37-38,47H,2,17-27H2,1H3,(H,45,54)(H,46,55)/t35-,37-,38+,44+/m1/s1. The number of nitrogens with zero attached hydrogens (tertiary/aromatic N) is 3. The van der Waals surface area contributed by atoms with E-state index in [0.717, 1.165) is 40.0 Å². The highest BCUT2D eigenvalue weighted by atomic mass is 16.5. The molecule has 1 aliphatic carbocycles. The minimum Gasteiger partial charge on any atom is -0.379 e. The Morgan fingerprint density at radius 3 is 2.34 bits per heavy atom. The molecule has 6 amide bonds. The average molecular weight is 757 g/mol. The van der Waals surface area contributed by atoms with Crippen molar-refractivity contribution in [3.05, 3.63) is 113 Å². The maximum Gasteiger partial charge on any atom is 0.325 e. The summed E-state index contributed by atoms with van der Waals surface area (Å²) < 4.78 is 5.50. The summed E-state index contributed by atoms with van der Waals surface area (Å²) in [6, 6.07) is 25.4. The first-order valence-electron chi connectivity index (χ1n) is 19.8. The van der Waals surface area contributed by atoms with Crippen LogP contribution in [0.15, 0.2) is 102 Å². The van der Waals surface area contributed by atoms with Gasteiger partial charge in [-0.25, -0.2) is 9.69 Å². The summed E-state index contributed by atoms with van der Waals surface area (Å²) in [6.07, 6.45) is 3.38. The van der Waals surface area contributed by atoms with E-state index < -0.39 is 47.0 Å². The number of hydrogen-bond donors (Lipinski definition) is 3. The maximum atomic E-state index is 15.5. The number of rotatable bonds is 11. The Labute approximate surface area is 326 Å². The van der Waals surface area contributed by atoms with Gasteiger partial charge in [-0.3, -0.25) is 29.0 Å². The van der Waals surface area contributed by atoms with Crippen LogP contribution < -0.4 is 15.5 Å². The first-order chi connectivity index (χ1) is 27.3. The van der Waals surface area contributed by atoms with E-state index in [2.05, 4.69) is 20.5 Å². The highest BCUT2D eigenvalue weighted by Gasteiger charge is 2.67. The third-order valence-electron chi connectivity index (χ3n) is 12.1. The van der Waals surface area contributed by atoms with Crippen LogP contribution in [0.2, 0.25) is 0 Å². The molecule has 1 aromatic heterocycles. The number of morpholine rings is 1. The Balaban J connectivity index is 1.24. The van der Waals surface area contributed by atoms with Crippen molar-refractivity contribution in [2.75, 3.05) is 50.8 Å². The largest absolute Gasteiger partial charge is 0.379 e. The lowest BCUT2D eigenvalue weighted by Crippen LogP contribution is -2.73. The van der Waals surface area contributed by atoms with E-state index >= 15 is 4.79 Å². The number of carbonyl (C=O) groups excluding carboxylic acids is 5. The number of ether oxygens (including phenoxy) is 1. The molecule has 4 atom stereocenters. The highest BCUT2D eigenvalue weighted by Crippen LogP contribution is 2.55. The molecule has 12 heteroatoms. The minimum absolute atomic E-state index is 0.0451. The lowest BCUT2D eigenvalue weighted by molar-refractivity contribution is -0.151. The van der Waals surface area contributed by atoms with Gasteiger partial charge in [0.25, 0.3) is 5.91 Å². The van der Waals surface area contributed by atoms with Crippen molar-refractivity contribution < 1.29 is 28.7 Å². The number of para-hydroxylation sites is 2. The van der Waals surface area contributed by atoms with Gasteiger partial charge < -0.3 is 20.4 Å². The van der Waals surface area contributed by atoms with E-state index in [1.165, 1.54) is 4.90 Å². The minimum atomic E-state index is -1.89. The molecule has 12 nitrogen and oxygen atoms in total. The number of carbonyl (C=O) groups is 5. The van der Waals surface area contributed by atoms with Crippen molar-refractivity contribution in [1.82, 2.24) is 25.4 Å². The predicted molar refractivity (Wildman–Crippen MR) is 211 cm³/mol. The van der Waals surface area contributed by atoms with Crippen LogP contribution in [0, 0.1) is 17.8 Å². The molecule has 56 heavy (non-hydrogen) atoms. The van der Waals surface area contributed by atoms with Crippen molar-refractivity contribution >= 4 is 46.3 Å².